The summed E-state index contributed by atoms with van der Waals surface area (Å²) in [4.78, 5) is 11.3. The van der Waals surface area contributed by atoms with Gasteiger partial charge >= 0.3 is 5.97 Å². The molecule has 1 unspecified atom stereocenters. The fourth-order valence-electron chi connectivity index (χ4n) is 2.56. The number of phenols is 1. The lowest BCUT2D eigenvalue weighted by atomic mass is 10.00. The average Bonchev–Trinajstić information content (AvgIpc) is 2.56. The summed E-state index contributed by atoms with van der Waals surface area (Å²) in [6.45, 7) is 6.05. The van der Waals surface area contributed by atoms with Crippen LogP contribution in [0.2, 0.25) is 0 Å². The molecular formula is C19H30O5. The Labute approximate surface area is 144 Å². The molecule has 24 heavy (non-hydrogen) atoms. The molecular weight excluding hydrogens is 308 g/mol. The summed E-state index contributed by atoms with van der Waals surface area (Å²) >= 11 is 0. The van der Waals surface area contributed by atoms with Gasteiger partial charge in [-0.05, 0) is 43.0 Å². The highest BCUT2D eigenvalue weighted by atomic mass is 16.5. The Morgan fingerprint density at radius 3 is 2.50 bits per heavy atom. The molecule has 5 nitrogen and oxygen atoms in total. The number of hydrogen-bond donors (Lipinski definition) is 2. The van der Waals surface area contributed by atoms with E-state index < -0.39 is 5.97 Å². The summed E-state index contributed by atoms with van der Waals surface area (Å²) in [6, 6.07) is 4.27. The molecule has 1 rings (SSSR count). The van der Waals surface area contributed by atoms with Crippen molar-refractivity contribution in [2.75, 3.05) is 19.8 Å². The fraction of sp³-hybridized carbons (Fsp3) is 0.632. The van der Waals surface area contributed by atoms with E-state index >= 15 is 0 Å². The summed E-state index contributed by atoms with van der Waals surface area (Å²) in [7, 11) is 0. The smallest absolute Gasteiger partial charge is 0.336 e. The lowest BCUT2D eigenvalue weighted by Gasteiger charge is -2.19. The minimum atomic E-state index is -1.01. The Morgan fingerprint density at radius 1 is 1.08 bits per heavy atom. The zero-order valence-electron chi connectivity index (χ0n) is 14.8. The second kappa shape index (κ2) is 11.9. The molecule has 0 heterocycles. The number of rotatable bonds is 13. The van der Waals surface area contributed by atoms with Gasteiger partial charge in [-0.3, -0.25) is 0 Å². The molecule has 1 atom stereocenters. The van der Waals surface area contributed by atoms with Crippen molar-refractivity contribution in [2.45, 2.75) is 58.5 Å². The Balaban J connectivity index is 2.38. The van der Waals surface area contributed by atoms with Crippen molar-refractivity contribution < 1.29 is 24.5 Å². The summed E-state index contributed by atoms with van der Waals surface area (Å²) in [5.41, 5.74) is 0.692. The largest absolute Gasteiger partial charge is 0.508 e. The SMILES string of the molecule is CCCCCCOCCCOC(CC)c1cc(O)ccc1C(=O)O. The van der Waals surface area contributed by atoms with E-state index in [1.807, 2.05) is 6.92 Å². The van der Waals surface area contributed by atoms with Crippen molar-refractivity contribution in [1.82, 2.24) is 0 Å². The van der Waals surface area contributed by atoms with Crippen molar-refractivity contribution in [3.05, 3.63) is 29.3 Å². The van der Waals surface area contributed by atoms with E-state index in [4.69, 9.17) is 9.47 Å². The number of hydrogen-bond acceptors (Lipinski definition) is 4. The highest BCUT2D eigenvalue weighted by Gasteiger charge is 2.19. The van der Waals surface area contributed by atoms with E-state index in [2.05, 4.69) is 6.92 Å². The summed E-state index contributed by atoms with van der Waals surface area (Å²) in [5.74, 6) is -0.963. The molecule has 136 valence electrons. The third-order valence-corrected chi connectivity index (χ3v) is 3.88. The molecule has 0 spiro atoms. The van der Waals surface area contributed by atoms with Crippen LogP contribution in [0.25, 0.3) is 0 Å². The molecule has 1 aromatic carbocycles. The van der Waals surface area contributed by atoms with Crippen LogP contribution in [-0.2, 0) is 9.47 Å². The Morgan fingerprint density at radius 2 is 1.83 bits per heavy atom. The third-order valence-electron chi connectivity index (χ3n) is 3.88. The van der Waals surface area contributed by atoms with E-state index in [1.54, 1.807) is 0 Å². The van der Waals surface area contributed by atoms with Gasteiger partial charge in [-0.1, -0.05) is 33.1 Å². The quantitative estimate of drug-likeness (QED) is 0.516. The number of benzene rings is 1. The molecule has 0 saturated carbocycles. The van der Waals surface area contributed by atoms with Gasteiger partial charge in [0.05, 0.1) is 11.7 Å². The van der Waals surface area contributed by atoms with Crippen LogP contribution >= 0.6 is 0 Å². The fourth-order valence-corrected chi connectivity index (χ4v) is 2.56. The van der Waals surface area contributed by atoms with E-state index in [9.17, 15) is 15.0 Å². The molecule has 0 aliphatic heterocycles. The third kappa shape index (κ3) is 7.32. The Bertz CT molecular complexity index is 487. The molecule has 2 N–H and O–H groups in total. The van der Waals surface area contributed by atoms with Gasteiger partial charge in [0.2, 0.25) is 0 Å². The minimum Gasteiger partial charge on any atom is -0.508 e. The zero-order chi connectivity index (χ0) is 17.8. The van der Waals surface area contributed by atoms with Crippen molar-refractivity contribution in [1.29, 1.82) is 0 Å². The molecule has 0 bridgehead atoms. The van der Waals surface area contributed by atoms with Crippen LogP contribution in [0.3, 0.4) is 0 Å². The van der Waals surface area contributed by atoms with E-state index in [0.29, 0.717) is 25.2 Å². The van der Waals surface area contributed by atoms with E-state index in [-0.39, 0.29) is 17.4 Å². The highest BCUT2D eigenvalue weighted by molar-refractivity contribution is 5.89. The second-order valence-corrected chi connectivity index (χ2v) is 5.87. The lowest BCUT2D eigenvalue weighted by Crippen LogP contribution is -2.11. The maximum absolute atomic E-state index is 11.3. The van der Waals surface area contributed by atoms with Crippen LogP contribution in [0.15, 0.2) is 18.2 Å². The number of carboxylic acid groups (broad SMARTS) is 1. The molecule has 0 saturated heterocycles. The van der Waals surface area contributed by atoms with Gasteiger partial charge in [0, 0.05) is 19.8 Å². The zero-order valence-corrected chi connectivity index (χ0v) is 14.8. The number of carbonyl (C=O) groups is 1. The first-order chi connectivity index (χ1) is 11.6. The molecule has 0 radical (unpaired) electrons. The molecule has 0 aliphatic rings. The Kier molecular flexibility index (Phi) is 10.1. The molecule has 5 heteroatoms. The highest BCUT2D eigenvalue weighted by Crippen LogP contribution is 2.28. The van der Waals surface area contributed by atoms with Crippen molar-refractivity contribution in [2.24, 2.45) is 0 Å². The number of phenolic OH excluding ortho intramolecular Hbond substituents is 1. The molecule has 0 aliphatic carbocycles. The van der Waals surface area contributed by atoms with Gasteiger partial charge in [-0.25, -0.2) is 4.79 Å². The van der Waals surface area contributed by atoms with Crippen LogP contribution in [-0.4, -0.2) is 36.0 Å². The van der Waals surface area contributed by atoms with Crippen LogP contribution in [0.5, 0.6) is 5.75 Å². The maximum Gasteiger partial charge on any atom is 0.336 e. The van der Waals surface area contributed by atoms with Gasteiger partial charge < -0.3 is 19.7 Å². The monoisotopic (exact) mass is 338 g/mol. The average molecular weight is 338 g/mol. The number of aromatic carboxylic acids is 1. The van der Waals surface area contributed by atoms with E-state index in [1.165, 1.54) is 37.5 Å². The van der Waals surface area contributed by atoms with Crippen LogP contribution in [0.4, 0.5) is 0 Å². The number of aromatic hydroxyl groups is 1. The second-order valence-electron chi connectivity index (χ2n) is 5.87. The first-order valence-corrected chi connectivity index (χ1v) is 8.85. The molecule has 0 aromatic heterocycles. The first kappa shape index (κ1) is 20.5. The predicted octanol–water partition coefficient (Wildman–Crippen LogP) is 4.55. The van der Waals surface area contributed by atoms with Gasteiger partial charge in [-0.15, -0.1) is 0 Å². The van der Waals surface area contributed by atoms with Gasteiger partial charge in [0.1, 0.15) is 5.75 Å². The van der Waals surface area contributed by atoms with Gasteiger partial charge in [0.25, 0.3) is 0 Å². The first-order valence-electron chi connectivity index (χ1n) is 8.85. The van der Waals surface area contributed by atoms with Crippen LogP contribution < -0.4 is 0 Å². The minimum absolute atomic E-state index is 0.0486. The molecule has 1 aromatic rings. The maximum atomic E-state index is 11.3. The Hall–Kier alpha value is -1.59. The summed E-state index contributed by atoms with van der Waals surface area (Å²) < 4.78 is 11.4. The molecule has 0 fully saturated rings. The lowest BCUT2D eigenvalue weighted by molar-refractivity contribution is 0.0285. The van der Waals surface area contributed by atoms with E-state index in [0.717, 1.165) is 19.4 Å². The number of unbranched alkanes of at least 4 members (excludes halogenated alkanes) is 3. The molecule has 0 amide bonds. The van der Waals surface area contributed by atoms with Gasteiger partial charge in [0.15, 0.2) is 0 Å². The standard InChI is InChI=1S/C19H30O5/c1-3-5-6-7-11-23-12-8-13-24-18(4-2)17-14-15(20)9-10-16(17)19(21)22/h9-10,14,18,20H,3-8,11-13H2,1-2H3,(H,21,22). The van der Waals surface area contributed by atoms with Gasteiger partial charge in [-0.2, -0.15) is 0 Å². The number of carboxylic acids is 1. The normalized spacial score (nSPS) is 12.2. The summed E-state index contributed by atoms with van der Waals surface area (Å²) in [6.07, 6.45) is 5.85. The van der Waals surface area contributed by atoms with Crippen LogP contribution in [0, 0.1) is 0 Å². The van der Waals surface area contributed by atoms with Crippen LogP contribution in [0.1, 0.15) is 74.4 Å². The predicted molar refractivity (Wildman–Crippen MR) is 93.6 cm³/mol. The van der Waals surface area contributed by atoms with Crippen molar-refractivity contribution in [3.63, 3.8) is 0 Å². The topological polar surface area (TPSA) is 76.0 Å². The van der Waals surface area contributed by atoms with Crippen molar-refractivity contribution >= 4 is 5.97 Å². The summed E-state index contributed by atoms with van der Waals surface area (Å²) in [5, 5.41) is 18.9. The number of ether oxygens (including phenoxy) is 2. The van der Waals surface area contributed by atoms with Crippen molar-refractivity contribution in [3.8, 4) is 5.75 Å².